The van der Waals surface area contributed by atoms with Crippen molar-refractivity contribution in [1.29, 1.82) is 0 Å². The Morgan fingerprint density at radius 2 is 2.21 bits per heavy atom. The number of alkyl halides is 2. The molecule has 0 aliphatic rings. The number of aliphatic carboxylic acids is 1. The van der Waals surface area contributed by atoms with Gasteiger partial charge in [0.2, 0.25) is 0 Å². The zero-order valence-corrected chi connectivity index (χ0v) is 7.50. The summed E-state index contributed by atoms with van der Waals surface area (Å²) in [5.74, 6) is -4.95. The summed E-state index contributed by atoms with van der Waals surface area (Å²) in [5, 5.41) is 8.26. The van der Waals surface area contributed by atoms with Crippen LogP contribution in [0.5, 0.6) is 0 Å². The fourth-order valence-corrected chi connectivity index (χ4v) is 0.965. The molecule has 0 unspecified atom stereocenters. The molecule has 0 saturated heterocycles. The first-order valence-corrected chi connectivity index (χ1v) is 3.94. The lowest BCUT2D eigenvalue weighted by Crippen LogP contribution is -2.19. The number of nitrogens with zero attached hydrogens (tertiary/aromatic N) is 1. The zero-order chi connectivity index (χ0) is 10.8. The fraction of sp³-hybridized carbons (Fsp3) is 0.333. The van der Waals surface area contributed by atoms with Crippen LogP contribution in [0, 0.1) is 6.92 Å². The second kappa shape index (κ2) is 3.69. The van der Waals surface area contributed by atoms with E-state index in [-0.39, 0.29) is 0 Å². The molecule has 0 atom stereocenters. The molecule has 1 N–H and O–H groups in total. The third kappa shape index (κ3) is 2.48. The minimum atomic E-state index is -3.40. The van der Waals surface area contributed by atoms with E-state index < -0.39 is 24.0 Å². The summed E-state index contributed by atoms with van der Waals surface area (Å²) in [6.45, 7) is 1.71. The van der Waals surface area contributed by atoms with Crippen molar-refractivity contribution < 1.29 is 18.7 Å². The SMILES string of the molecule is Cc1ccc(C(F)(F)CC(=O)O)nc1. The van der Waals surface area contributed by atoms with Crippen molar-refractivity contribution in [2.45, 2.75) is 19.3 Å². The maximum absolute atomic E-state index is 13.1. The van der Waals surface area contributed by atoms with E-state index in [1.54, 1.807) is 6.92 Å². The molecule has 1 aromatic heterocycles. The lowest BCUT2D eigenvalue weighted by Gasteiger charge is -2.12. The summed E-state index contributed by atoms with van der Waals surface area (Å²) >= 11 is 0. The van der Waals surface area contributed by atoms with E-state index in [4.69, 9.17) is 5.11 Å². The molecular formula is C9H9F2NO2. The number of pyridine rings is 1. The van der Waals surface area contributed by atoms with Crippen molar-refractivity contribution in [1.82, 2.24) is 4.98 Å². The number of carboxylic acids is 1. The Kier molecular flexibility index (Phi) is 2.78. The Balaban J connectivity index is 2.91. The molecule has 1 rings (SSSR count). The van der Waals surface area contributed by atoms with Gasteiger partial charge in [0.15, 0.2) is 0 Å². The predicted molar refractivity (Wildman–Crippen MR) is 45.1 cm³/mol. The monoisotopic (exact) mass is 201 g/mol. The molecule has 0 aromatic carbocycles. The van der Waals surface area contributed by atoms with Crippen molar-refractivity contribution >= 4 is 5.97 Å². The second-order valence-electron chi connectivity index (χ2n) is 3.00. The maximum Gasteiger partial charge on any atom is 0.309 e. The number of carboxylic acid groups (broad SMARTS) is 1. The van der Waals surface area contributed by atoms with Crippen molar-refractivity contribution in [3.8, 4) is 0 Å². The van der Waals surface area contributed by atoms with Gasteiger partial charge in [-0.2, -0.15) is 8.78 Å². The van der Waals surface area contributed by atoms with Crippen molar-refractivity contribution in [2.24, 2.45) is 0 Å². The second-order valence-corrected chi connectivity index (χ2v) is 3.00. The molecule has 0 amide bonds. The summed E-state index contributed by atoms with van der Waals surface area (Å²) in [5.41, 5.74) is 0.241. The van der Waals surface area contributed by atoms with Gasteiger partial charge in [0.1, 0.15) is 12.1 Å². The van der Waals surface area contributed by atoms with Crippen LogP contribution in [0.25, 0.3) is 0 Å². The molecule has 1 heterocycles. The molecule has 0 saturated carbocycles. The number of aromatic nitrogens is 1. The summed E-state index contributed by atoms with van der Waals surface area (Å²) in [6, 6.07) is 2.61. The average Bonchev–Trinajstić information content (AvgIpc) is 2.02. The molecular weight excluding hydrogens is 192 g/mol. The van der Waals surface area contributed by atoms with Crippen LogP contribution in [0.1, 0.15) is 17.7 Å². The highest BCUT2D eigenvalue weighted by Crippen LogP contribution is 2.29. The molecule has 5 heteroatoms. The zero-order valence-electron chi connectivity index (χ0n) is 7.50. The van der Waals surface area contributed by atoms with Gasteiger partial charge in [-0.25, -0.2) is 0 Å². The molecule has 14 heavy (non-hydrogen) atoms. The van der Waals surface area contributed by atoms with Gasteiger partial charge in [-0.3, -0.25) is 9.78 Å². The largest absolute Gasteiger partial charge is 0.481 e. The van der Waals surface area contributed by atoms with Crippen LogP contribution in [-0.4, -0.2) is 16.1 Å². The quantitative estimate of drug-likeness (QED) is 0.813. The van der Waals surface area contributed by atoms with E-state index in [0.717, 1.165) is 11.6 Å². The van der Waals surface area contributed by atoms with Crippen LogP contribution >= 0.6 is 0 Å². The Hall–Kier alpha value is -1.52. The Morgan fingerprint density at radius 3 is 2.64 bits per heavy atom. The van der Waals surface area contributed by atoms with Gasteiger partial charge in [0, 0.05) is 6.20 Å². The highest BCUT2D eigenvalue weighted by molar-refractivity contribution is 5.68. The van der Waals surface area contributed by atoms with Crippen LogP contribution in [0.3, 0.4) is 0 Å². The first kappa shape index (κ1) is 10.6. The Morgan fingerprint density at radius 1 is 1.57 bits per heavy atom. The molecule has 76 valence electrons. The third-order valence-corrected chi connectivity index (χ3v) is 1.66. The number of aryl methyl sites for hydroxylation is 1. The molecule has 3 nitrogen and oxygen atoms in total. The lowest BCUT2D eigenvalue weighted by molar-refractivity contribution is -0.145. The third-order valence-electron chi connectivity index (χ3n) is 1.66. The highest BCUT2D eigenvalue weighted by atomic mass is 19.3. The summed E-state index contributed by atoms with van der Waals surface area (Å²) < 4.78 is 26.2. The van der Waals surface area contributed by atoms with E-state index in [1.807, 2.05) is 0 Å². The standard InChI is InChI=1S/C9H9F2NO2/c1-6-2-3-7(12-5-6)9(10,11)4-8(13)14/h2-3,5H,4H2,1H3,(H,13,14). The van der Waals surface area contributed by atoms with Gasteiger partial charge < -0.3 is 5.11 Å². The fourth-order valence-electron chi connectivity index (χ4n) is 0.965. The van der Waals surface area contributed by atoms with E-state index in [0.29, 0.717) is 0 Å². The van der Waals surface area contributed by atoms with E-state index in [1.165, 1.54) is 12.3 Å². The minimum absolute atomic E-state index is 0.509. The average molecular weight is 201 g/mol. The summed E-state index contributed by atoms with van der Waals surface area (Å²) in [4.78, 5) is 13.6. The number of hydrogen-bond donors (Lipinski definition) is 1. The van der Waals surface area contributed by atoms with Gasteiger partial charge in [0.05, 0.1) is 0 Å². The molecule has 0 fully saturated rings. The first-order valence-electron chi connectivity index (χ1n) is 3.94. The number of carbonyl (C=O) groups is 1. The maximum atomic E-state index is 13.1. The molecule has 0 radical (unpaired) electrons. The van der Waals surface area contributed by atoms with Crippen LogP contribution < -0.4 is 0 Å². The topological polar surface area (TPSA) is 50.2 Å². The molecule has 0 spiro atoms. The Bertz CT molecular complexity index is 335. The van der Waals surface area contributed by atoms with E-state index >= 15 is 0 Å². The van der Waals surface area contributed by atoms with Crippen molar-refractivity contribution in [3.05, 3.63) is 29.6 Å². The van der Waals surface area contributed by atoms with Crippen LogP contribution in [-0.2, 0) is 10.7 Å². The van der Waals surface area contributed by atoms with E-state index in [9.17, 15) is 13.6 Å². The van der Waals surface area contributed by atoms with Crippen molar-refractivity contribution in [3.63, 3.8) is 0 Å². The number of hydrogen-bond acceptors (Lipinski definition) is 2. The van der Waals surface area contributed by atoms with Gasteiger partial charge in [-0.05, 0) is 18.6 Å². The van der Waals surface area contributed by atoms with Gasteiger partial charge in [-0.1, -0.05) is 6.07 Å². The predicted octanol–water partition coefficient (Wildman–Crippen LogP) is 1.96. The number of rotatable bonds is 3. The summed E-state index contributed by atoms with van der Waals surface area (Å²) in [7, 11) is 0. The van der Waals surface area contributed by atoms with Gasteiger partial charge >= 0.3 is 5.97 Å². The van der Waals surface area contributed by atoms with Crippen LogP contribution in [0.15, 0.2) is 18.3 Å². The molecule has 0 aliphatic carbocycles. The summed E-state index contributed by atoms with van der Waals surface area (Å²) in [6.07, 6.45) is 0.0498. The normalized spacial score (nSPS) is 11.4. The Labute approximate surface area is 79.4 Å². The minimum Gasteiger partial charge on any atom is -0.481 e. The molecule has 0 bridgehead atoms. The molecule has 1 aromatic rings. The smallest absolute Gasteiger partial charge is 0.309 e. The lowest BCUT2D eigenvalue weighted by atomic mass is 10.1. The van der Waals surface area contributed by atoms with Crippen LogP contribution in [0.2, 0.25) is 0 Å². The molecule has 0 aliphatic heterocycles. The van der Waals surface area contributed by atoms with Gasteiger partial charge in [-0.15, -0.1) is 0 Å². The highest BCUT2D eigenvalue weighted by Gasteiger charge is 2.35. The van der Waals surface area contributed by atoms with Crippen molar-refractivity contribution in [2.75, 3.05) is 0 Å². The number of halogens is 2. The van der Waals surface area contributed by atoms with Gasteiger partial charge in [0.25, 0.3) is 5.92 Å². The van der Waals surface area contributed by atoms with E-state index in [2.05, 4.69) is 4.98 Å². The first-order chi connectivity index (χ1) is 6.42. The van der Waals surface area contributed by atoms with Crippen LogP contribution in [0.4, 0.5) is 8.78 Å².